The molecule has 0 aliphatic heterocycles. The molecule has 0 radical (unpaired) electrons. The number of anilines is 1. The number of carbonyl (C=O) groups is 1. The van der Waals surface area contributed by atoms with Crippen molar-refractivity contribution in [2.45, 2.75) is 25.5 Å². The van der Waals surface area contributed by atoms with Crippen LogP contribution in [0.15, 0.2) is 62.6 Å². The average Bonchev–Trinajstić information content (AvgIpc) is 3.29. The number of fused-ring (bicyclic) bond motifs is 1. The SMILES string of the molecule is CCn1c(SCC(=O)Nc2cccc(C)c2)nnc1-c1cc2cc(Br)ccc2o1. The lowest BCUT2D eigenvalue weighted by Gasteiger charge is -2.07. The Hall–Kier alpha value is -2.58. The van der Waals surface area contributed by atoms with Gasteiger partial charge in [-0.3, -0.25) is 9.36 Å². The van der Waals surface area contributed by atoms with Crippen LogP contribution in [0.25, 0.3) is 22.6 Å². The first-order valence-electron chi connectivity index (χ1n) is 9.15. The number of amides is 1. The van der Waals surface area contributed by atoms with Crippen LogP contribution in [0, 0.1) is 6.92 Å². The lowest BCUT2D eigenvalue weighted by Crippen LogP contribution is -2.14. The Bertz CT molecular complexity index is 1180. The number of furan rings is 1. The summed E-state index contributed by atoms with van der Waals surface area (Å²) in [6.07, 6.45) is 0. The van der Waals surface area contributed by atoms with Crippen molar-refractivity contribution in [3.63, 3.8) is 0 Å². The molecule has 8 heteroatoms. The van der Waals surface area contributed by atoms with E-state index in [4.69, 9.17) is 4.42 Å². The van der Waals surface area contributed by atoms with E-state index in [-0.39, 0.29) is 11.7 Å². The zero-order valence-electron chi connectivity index (χ0n) is 16.0. The summed E-state index contributed by atoms with van der Waals surface area (Å²) in [5, 5.41) is 13.2. The van der Waals surface area contributed by atoms with Gasteiger partial charge in [-0.25, -0.2) is 0 Å². The maximum absolute atomic E-state index is 12.3. The summed E-state index contributed by atoms with van der Waals surface area (Å²) in [7, 11) is 0. The smallest absolute Gasteiger partial charge is 0.234 e. The van der Waals surface area contributed by atoms with Gasteiger partial charge in [0.25, 0.3) is 0 Å². The van der Waals surface area contributed by atoms with E-state index < -0.39 is 0 Å². The number of aromatic nitrogens is 3. The maximum atomic E-state index is 12.3. The molecule has 1 amide bonds. The number of nitrogens with zero attached hydrogens (tertiary/aromatic N) is 3. The minimum Gasteiger partial charge on any atom is -0.453 e. The molecule has 4 rings (SSSR count). The van der Waals surface area contributed by atoms with Crippen molar-refractivity contribution in [3.05, 3.63) is 58.6 Å². The van der Waals surface area contributed by atoms with E-state index in [9.17, 15) is 4.79 Å². The van der Waals surface area contributed by atoms with Crippen LogP contribution in [0.5, 0.6) is 0 Å². The van der Waals surface area contributed by atoms with Crippen LogP contribution in [-0.2, 0) is 11.3 Å². The molecular formula is C21H19BrN4O2S. The lowest BCUT2D eigenvalue weighted by molar-refractivity contribution is -0.113. The largest absolute Gasteiger partial charge is 0.453 e. The fourth-order valence-electron chi connectivity index (χ4n) is 3.04. The molecular weight excluding hydrogens is 452 g/mol. The fraction of sp³-hybridized carbons (Fsp3) is 0.190. The van der Waals surface area contributed by atoms with E-state index in [0.29, 0.717) is 23.3 Å². The minimum absolute atomic E-state index is 0.0820. The van der Waals surface area contributed by atoms with Crippen molar-refractivity contribution in [1.82, 2.24) is 14.8 Å². The number of hydrogen-bond donors (Lipinski definition) is 1. The molecule has 0 aliphatic rings. The second-order valence-electron chi connectivity index (χ2n) is 6.55. The normalized spacial score (nSPS) is 11.1. The number of thioether (sulfide) groups is 1. The molecule has 0 saturated carbocycles. The van der Waals surface area contributed by atoms with Gasteiger partial charge in [0.1, 0.15) is 5.58 Å². The maximum Gasteiger partial charge on any atom is 0.234 e. The summed E-state index contributed by atoms with van der Waals surface area (Å²) >= 11 is 4.83. The number of benzene rings is 2. The highest BCUT2D eigenvalue weighted by atomic mass is 79.9. The van der Waals surface area contributed by atoms with Crippen molar-refractivity contribution in [2.24, 2.45) is 0 Å². The van der Waals surface area contributed by atoms with Crippen LogP contribution >= 0.6 is 27.7 Å². The third kappa shape index (κ3) is 4.38. The molecule has 0 bridgehead atoms. The predicted molar refractivity (Wildman–Crippen MR) is 119 cm³/mol. The summed E-state index contributed by atoms with van der Waals surface area (Å²) in [5.41, 5.74) is 2.69. The molecule has 0 aliphatic carbocycles. The molecule has 148 valence electrons. The minimum atomic E-state index is -0.0820. The van der Waals surface area contributed by atoms with Crippen LogP contribution in [0.2, 0.25) is 0 Å². The van der Waals surface area contributed by atoms with Crippen LogP contribution in [0.3, 0.4) is 0 Å². The first-order chi connectivity index (χ1) is 14.0. The van der Waals surface area contributed by atoms with E-state index in [1.165, 1.54) is 11.8 Å². The molecule has 6 nitrogen and oxygen atoms in total. The molecule has 0 unspecified atom stereocenters. The highest BCUT2D eigenvalue weighted by Gasteiger charge is 2.18. The van der Waals surface area contributed by atoms with Crippen LogP contribution < -0.4 is 5.32 Å². The van der Waals surface area contributed by atoms with Gasteiger partial charge in [-0.2, -0.15) is 0 Å². The molecule has 1 N–H and O–H groups in total. The third-order valence-corrected chi connectivity index (χ3v) is 5.83. The molecule has 2 aromatic heterocycles. The molecule has 4 aromatic rings. The van der Waals surface area contributed by atoms with Gasteiger partial charge < -0.3 is 9.73 Å². The highest BCUT2D eigenvalue weighted by molar-refractivity contribution is 9.10. The van der Waals surface area contributed by atoms with Crippen LogP contribution in [0.4, 0.5) is 5.69 Å². The summed E-state index contributed by atoms with van der Waals surface area (Å²) in [4.78, 5) is 12.3. The Morgan fingerprint density at radius 1 is 1.21 bits per heavy atom. The zero-order valence-corrected chi connectivity index (χ0v) is 18.4. The van der Waals surface area contributed by atoms with Gasteiger partial charge in [-0.15, -0.1) is 10.2 Å². The highest BCUT2D eigenvalue weighted by Crippen LogP contribution is 2.30. The Kier molecular flexibility index (Phi) is 5.73. The van der Waals surface area contributed by atoms with E-state index in [2.05, 4.69) is 31.4 Å². The first kappa shape index (κ1) is 19.7. The number of nitrogens with one attached hydrogen (secondary N) is 1. The summed E-state index contributed by atoms with van der Waals surface area (Å²) in [6.45, 7) is 4.68. The molecule has 0 atom stereocenters. The quantitative estimate of drug-likeness (QED) is 0.376. The van der Waals surface area contributed by atoms with Crippen LogP contribution in [0.1, 0.15) is 12.5 Å². The van der Waals surface area contributed by atoms with Gasteiger partial charge in [-0.05, 0) is 55.8 Å². The van der Waals surface area contributed by atoms with E-state index >= 15 is 0 Å². The van der Waals surface area contributed by atoms with Gasteiger partial charge in [0.05, 0.1) is 5.75 Å². The van der Waals surface area contributed by atoms with E-state index in [1.807, 2.05) is 66.9 Å². The van der Waals surface area contributed by atoms with Gasteiger partial charge in [-0.1, -0.05) is 39.8 Å². The molecule has 0 fully saturated rings. The lowest BCUT2D eigenvalue weighted by atomic mass is 10.2. The summed E-state index contributed by atoms with van der Waals surface area (Å²) in [6, 6.07) is 15.5. The van der Waals surface area contributed by atoms with Crippen molar-refractivity contribution >= 4 is 50.3 Å². The van der Waals surface area contributed by atoms with Crippen molar-refractivity contribution in [1.29, 1.82) is 0 Å². The molecule has 29 heavy (non-hydrogen) atoms. The van der Waals surface area contributed by atoms with Crippen LogP contribution in [-0.4, -0.2) is 26.4 Å². The molecule has 2 heterocycles. The summed E-state index contributed by atoms with van der Waals surface area (Å²) in [5.74, 6) is 1.48. The fourth-order valence-corrected chi connectivity index (χ4v) is 4.22. The van der Waals surface area contributed by atoms with Crippen molar-refractivity contribution in [2.75, 3.05) is 11.1 Å². The Morgan fingerprint density at radius 3 is 2.86 bits per heavy atom. The Labute approximate surface area is 180 Å². The van der Waals surface area contributed by atoms with E-state index in [0.717, 1.165) is 26.7 Å². The number of carbonyl (C=O) groups excluding carboxylic acids is 1. The van der Waals surface area contributed by atoms with Gasteiger partial charge in [0, 0.05) is 22.1 Å². The van der Waals surface area contributed by atoms with Gasteiger partial charge >= 0.3 is 0 Å². The average molecular weight is 471 g/mol. The number of rotatable bonds is 6. The second kappa shape index (κ2) is 8.42. The van der Waals surface area contributed by atoms with Gasteiger partial charge in [0.15, 0.2) is 10.9 Å². The van der Waals surface area contributed by atoms with Gasteiger partial charge in [0.2, 0.25) is 11.7 Å². The predicted octanol–water partition coefficient (Wildman–Crippen LogP) is 5.51. The zero-order chi connectivity index (χ0) is 20.4. The Morgan fingerprint density at radius 2 is 2.07 bits per heavy atom. The monoisotopic (exact) mass is 470 g/mol. The van der Waals surface area contributed by atoms with Crippen molar-refractivity contribution in [3.8, 4) is 11.6 Å². The topological polar surface area (TPSA) is 73.0 Å². The molecule has 0 spiro atoms. The van der Waals surface area contributed by atoms with E-state index in [1.54, 1.807) is 0 Å². The third-order valence-electron chi connectivity index (χ3n) is 4.37. The number of halogens is 1. The molecule has 0 saturated heterocycles. The summed E-state index contributed by atoms with van der Waals surface area (Å²) < 4.78 is 8.89. The molecule has 2 aromatic carbocycles. The number of aryl methyl sites for hydroxylation is 1. The Balaban J connectivity index is 1.50. The standard InChI is InChI=1S/C21H19BrN4O2S/c1-3-26-20(18-11-14-10-15(22)7-8-17(14)28-18)24-25-21(26)29-12-19(27)23-16-6-4-5-13(2)9-16/h4-11H,3,12H2,1-2H3,(H,23,27). The first-order valence-corrected chi connectivity index (χ1v) is 10.9. The number of hydrogen-bond acceptors (Lipinski definition) is 5. The second-order valence-corrected chi connectivity index (χ2v) is 8.41. The van der Waals surface area contributed by atoms with Crippen molar-refractivity contribution < 1.29 is 9.21 Å².